The maximum Gasteiger partial charge on any atom is 0.326 e. The maximum absolute atomic E-state index is 13.4. The fourth-order valence-corrected chi connectivity index (χ4v) is 2.22. The molecule has 2 atom stereocenters. The van der Waals surface area contributed by atoms with Crippen molar-refractivity contribution in [3.8, 4) is 0 Å². The number of halogens is 2. The van der Waals surface area contributed by atoms with E-state index in [-0.39, 0.29) is 25.1 Å². The minimum absolute atomic E-state index is 0.0463. The number of hydrogen-bond acceptors (Lipinski definition) is 3. The number of aliphatic hydroxyl groups is 1. The zero-order chi connectivity index (χ0) is 15.6. The van der Waals surface area contributed by atoms with Crippen LogP contribution in [0.1, 0.15) is 12.0 Å². The molecular weight excluding hydrogens is 286 g/mol. The third-order valence-electron chi connectivity index (χ3n) is 3.26. The molecule has 1 saturated heterocycles. The van der Waals surface area contributed by atoms with Crippen LogP contribution in [-0.2, 0) is 11.3 Å². The molecule has 3 N–H and O–H groups in total. The van der Waals surface area contributed by atoms with Crippen LogP contribution in [0.5, 0.6) is 0 Å². The van der Waals surface area contributed by atoms with Gasteiger partial charge in [0.05, 0.1) is 6.10 Å². The van der Waals surface area contributed by atoms with Crippen LogP contribution < -0.4 is 5.32 Å². The van der Waals surface area contributed by atoms with Crippen LogP contribution in [-0.4, -0.2) is 45.8 Å². The van der Waals surface area contributed by atoms with Crippen molar-refractivity contribution in [3.63, 3.8) is 0 Å². The van der Waals surface area contributed by atoms with E-state index < -0.39 is 35.8 Å². The van der Waals surface area contributed by atoms with Gasteiger partial charge in [0.25, 0.3) is 0 Å². The third kappa shape index (κ3) is 3.46. The van der Waals surface area contributed by atoms with Gasteiger partial charge in [-0.05, 0) is 18.2 Å². The fraction of sp³-hybridized carbons (Fsp3) is 0.385. The summed E-state index contributed by atoms with van der Waals surface area (Å²) in [6.07, 6.45) is -0.973. The van der Waals surface area contributed by atoms with Crippen LogP contribution in [0, 0.1) is 11.6 Å². The second-order valence-electron chi connectivity index (χ2n) is 4.79. The molecule has 8 heteroatoms. The van der Waals surface area contributed by atoms with Crippen LogP contribution >= 0.6 is 0 Å². The zero-order valence-corrected chi connectivity index (χ0v) is 10.9. The standard InChI is InChI=1S/C13H14F2N2O4/c14-8-1-2-10(15)7(3-8)5-16-13(21)17-6-9(18)4-11(17)12(19)20/h1-3,9,11,18H,4-6H2,(H,16,21)(H,19,20). The second-order valence-corrected chi connectivity index (χ2v) is 4.79. The fourth-order valence-electron chi connectivity index (χ4n) is 2.22. The van der Waals surface area contributed by atoms with Crippen molar-refractivity contribution in [2.75, 3.05) is 6.54 Å². The lowest BCUT2D eigenvalue weighted by atomic mass is 10.2. The molecule has 0 bridgehead atoms. The molecule has 2 rings (SSSR count). The zero-order valence-electron chi connectivity index (χ0n) is 10.9. The number of likely N-dealkylation sites (tertiary alicyclic amines) is 1. The number of nitrogens with zero attached hydrogens (tertiary/aromatic N) is 1. The number of amides is 2. The van der Waals surface area contributed by atoms with E-state index in [0.717, 1.165) is 23.1 Å². The molecule has 1 aliphatic heterocycles. The molecule has 21 heavy (non-hydrogen) atoms. The summed E-state index contributed by atoms with van der Waals surface area (Å²) in [5, 5.41) is 20.7. The lowest BCUT2D eigenvalue weighted by Gasteiger charge is -2.21. The largest absolute Gasteiger partial charge is 0.480 e. The van der Waals surface area contributed by atoms with Gasteiger partial charge in [-0.2, -0.15) is 0 Å². The van der Waals surface area contributed by atoms with Crippen molar-refractivity contribution in [3.05, 3.63) is 35.4 Å². The van der Waals surface area contributed by atoms with E-state index in [9.17, 15) is 23.5 Å². The summed E-state index contributed by atoms with van der Waals surface area (Å²) >= 11 is 0. The highest BCUT2D eigenvalue weighted by atomic mass is 19.1. The molecule has 1 fully saturated rings. The van der Waals surface area contributed by atoms with Crippen molar-refractivity contribution in [2.24, 2.45) is 0 Å². The van der Waals surface area contributed by atoms with Gasteiger partial charge < -0.3 is 20.4 Å². The minimum Gasteiger partial charge on any atom is -0.480 e. The van der Waals surface area contributed by atoms with Gasteiger partial charge in [0.15, 0.2) is 0 Å². The van der Waals surface area contributed by atoms with Crippen LogP contribution in [0.2, 0.25) is 0 Å². The number of carbonyl (C=O) groups excluding carboxylic acids is 1. The number of aliphatic carboxylic acids is 1. The summed E-state index contributed by atoms with van der Waals surface area (Å²) in [6, 6.07) is 0.970. The summed E-state index contributed by atoms with van der Waals surface area (Å²) in [4.78, 5) is 23.9. The Labute approximate surface area is 119 Å². The van der Waals surface area contributed by atoms with E-state index in [2.05, 4.69) is 5.32 Å². The number of carboxylic acids is 1. The van der Waals surface area contributed by atoms with Crippen LogP contribution in [0.3, 0.4) is 0 Å². The van der Waals surface area contributed by atoms with E-state index in [1.54, 1.807) is 0 Å². The first-order valence-electron chi connectivity index (χ1n) is 6.27. The molecule has 0 saturated carbocycles. The smallest absolute Gasteiger partial charge is 0.326 e. The highest BCUT2D eigenvalue weighted by molar-refractivity contribution is 5.83. The Morgan fingerprint density at radius 2 is 2.10 bits per heavy atom. The van der Waals surface area contributed by atoms with Gasteiger partial charge in [0, 0.05) is 25.1 Å². The van der Waals surface area contributed by atoms with Crippen molar-refractivity contribution in [1.29, 1.82) is 0 Å². The highest BCUT2D eigenvalue weighted by Crippen LogP contribution is 2.18. The molecule has 6 nitrogen and oxygen atoms in total. The van der Waals surface area contributed by atoms with Crippen molar-refractivity contribution in [2.45, 2.75) is 25.1 Å². The molecule has 114 valence electrons. The number of rotatable bonds is 3. The first-order valence-corrected chi connectivity index (χ1v) is 6.27. The van der Waals surface area contributed by atoms with Crippen LogP contribution in [0.25, 0.3) is 0 Å². The monoisotopic (exact) mass is 300 g/mol. The third-order valence-corrected chi connectivity index (χ3v) is 3.26. The number of nitrogens with one attached hydrogen (secondary N) is 1. The Morgan fingerprint density at radius 1 is 1.38 bits per heavy atom. The van der Waals surface area contributed by atoms with Gasteiger partial charge in [-0.3, -0.25) is 0 Å². The lowest BCUT2D eigenvalue weighted by Crippen LogP contribution is -2.46. The molecule has 0 spiro atoms. The molecule has 1 aromatic carbocycles. The predicted octanol–water partition coefficient (Wildman–Crippen LogP) is 0.694. The molecule has 1 aliphatic rings. The molecule has 1 aromatic rings. The molecule has 2 unspecified atom stereocenters. The van der Waals surface area contributed by atoms with Gasteiger partial charge in [-0.1, -0.05) is 0 Å². The predicted molar refractivity (Wildman–Crippen MR) is 67.3 cm³/mol. The number of hydrogen-bond donors (Lipinski definition) is 3. The van der Waals surface area contributed by atoms with Gasteiger partial charge >= 0.3 is 12.0 Å². The van der Waals surface area contributed by atoms with E-state index in [1.165, 1.54) is 0 Å². The number of aliphatic hydroxyl groups excluding tert-OH is 1. The Bertz CT molecular complexity index is 567. The Balaban J connectivity index is 2.01. The number of carbonyl (C=O) groups is 2. The number of benzene rings is 1. The van der Waals surface area contributed by atoms with Gasteiger partial charge in [0.1, 0.15) is 17.7 Å². The van der Waals surface area contributed by atoms with Crippen molar-refractivity contribution < 1.29 is 28.6 Å². The van der Waals surface area contributed by atoms with Crippen LogP contribution in [0.15, 0.2) is 18.2 Å². The average Bonchev–Trinajstić information content (AvgIpc) is 2.82. The maximum atomic E-state index is 13.4. The molecule has 0 radical (unpaired) electrons. The highest BCUT2D eigenvalue weighted by Gasteiger charge is 2.38. The number of carboxylic acid groups (broad SMARTS) is 1. The number of urea groups is 1. The second kappa shape index (κ2) is 6.04. The molecule has 2 amide bonds. The van der Waals surface area contributed by atoms with E-state index in [0.29, 0.717) is 0 Å². The topological polar surface area (TPSA) is 89.9 Å². The van der Waals surface area contributed by atoms with Crippen molar-refractivity contribution in [1.82, 2.24) is 10.2 Å². The number of β-amino-alcohol motifs (C(OH)–C–C–N with tert-alkyl or cyclic N) is 1. The lowest BCUT2D eigenvalue weighted by molar-refractivity contribution is -0.141. The molecular formula is C13H14F2N2O4. The average molecular weight is 300 g/mol. The summed E-state index contributed by atoms with van der Waals surface area (Å²) in [7, 11) is 0. The minimum atomic E-state index is -1.22. The summed E-state index contributed by atoms with van der Waals surface area (Å²) in [6.45, 7) is -0.393. The quantitative estimate of drug-likeness (QED) is 0.766. The SMILES string of the molecule is O=C(O)C1CC(O)CN1C(=O)NCc1cc(F)ccc1F. The van der Waals surface area contributed by atoms with Crippen LogP contribution in [0.4, 0.5) is 13.6 Å². The first kappa shape index (κ1) is 15.2. The summed E-state index contributed by atoms with van der Waals surface area (Å²) in [5.41, 5.74) is -0.0463. The van der Waals surface area contributed by atoms with Gasteiger partial charge in [-0.15, -0.1) is 0 Å². The van der Waals surface area contributed by atoms with E-state index in [1.807, 2.05) is 0 Å². The Kier molecular flexibility index (Phi) is 4.37. The molecule has 0 aromatic heterocycles. The Hall–Kier alpha value is -2.22. The molecule has 1 heterocycles. The molecule has 0 aliphatic carbocycles. The van der Waals surface area contributed by atoms with Crippen molar-refractivity contribution >= 4 is 12.0 Å². The normalized spacial score (nSPS) is 21.4. The first-order chi connectivity index (χ1) is 9.88. The van der Waals surface area contributed by atoms with Gasteiger partial charge in [-0.25, -0.2) is 18.4 Å². The Morgan fingerprint density at radius 3 is 2.76 bits per heavy atom. The summed E-state index contributed by atoms with van der Waals surface area (Å²) < 4.78 is 26.4. The van der Waals surface area contributed by atoms with Gasteiger partial charge in [0.2, 0.25) is 0 Å². The van der Waals surface area contributed by atoms with E-state index in [4.69, 9.17) is 5.11 Å². The van der Waals surface area contributed by atoms with E-state index >= 15 is 0 Å². The summed E-state index contributed by atoms with van der Waals surface area (Å²) in [5.74, 6) is -2.53.